The van der Waals surface area contributed by atoms with Crippen LogP contribution >= 0.6 is 0 Å². The molecule has 0 unspecified atom stereocenters. The number of oxazole rings is 1. The van der Waals surface area contributed by atoms with Gasteiger partial charge in [0, 0.05) is 21.7 Å². The van der Waals surface area contributed by atoms with Crippen LogP contribution in [0.4, 0.5) is 0 Å². The van der Waals surface area contributed by atoms with Crippen molar-refractivity contribution >= 4 is 67.0 Å². The van der Waals surface area contributed by atoms with Crippen molar-refractivity contribution in [1.82, 2.24) is 9.55 Å². The van der Waals surface area contributed by atoms with Gasteiger partial charge in [-0.3, -0.25) is 0 Å². The number of hydrogen-bond donors (Lipinski definition) is 0. The molecule has 0 saturated carbocycles. The quantitative estimate of drug-likeness (QED) is 0.241. The maximum Gasteiger partial charge on any atom is 0.227 e. The standard InChI is InChI=1S/C35H22N2O2/c1-3-21-18-25-24-10-5-7-12-28(24)37(30(25)20-22(21)4-2)29-13-9-15-33-34(29)26-19-23(16-17-31(26)38-33)35-36-27-11-6-8-14-32(27)39-35/h3-20H,1-2H2. The molecule has 4 nitrogen and oxygen atoms in total. The van der Waals surface area contributed by atoms with Crippen LogP contribution in [0.15, 0.2) is 119 Å². The number of hydrogen-bond acceptors (Lipinski definition) is 3. The zero-order valence-corrected chi connectivity index (χ0v) is 21.0. The van der Waals surface area contributed by atoms with Gasteiger partial charge in [-0.05, 0) is 71.8 Å². The third-order valence-corrected chi connectivity index (χ3v) is 7.57. The van der Waals surface area contributed by atoms with Crippen LogP contribution in [-0.2, 0) is 0 Å². The number of fused-ring (bicyclic) bond motifs is 7. The van der Waals surface area contributed by atoms with Crippen molar-refractivity contribution in [2.45, 2.75) is 0 Å². The summed E-state index contributed by atoms with van der Waals surface area (Å²) in [4.78, 5) is 4.72. The zero-order valence-electron chi connectivity index (χ0n) is 21.0. The maximum absolute atomic E-state index is 6.35. The third kappa shape index (κ3) is 3.09. The number of rotatable bonds is 4. The lowest BCUT2D eigenvalue weighted by Crippen LogP contribution is -1.95. The first kappa shape index (κ1) is 21.7. The minimum Gasteiger partial charge on any atom is -0.456 e. The average Bonchev–Trinajstić information content (AvgIpc) is 3.67. The Morgan fingerprint density at radius 2 is 1.41 bits per heavy atom. The molecule has 0 bridgehead atoms. The van der Waals surface area contributed by atoms with Crippen molar-refractivity contribution in [3.05, 3.63) is 121 Å². The van der Waals surface area contributed by atoms with E-state index in [1.54, 1.807) is 0 Å². The monoisotopic (exact) mass is 502 g/mol. The van der Waals surface area contributed by atoms with Crippen molar-refractivity contribution in [1.29, 1.82) is 0 Å². The molecule has 0 aliphatic heterocycles. The van der Waals surface area contributed by atoms with Gasteiger partial charge in [0.2, 0.25) is 5.89 Å². The van der Waals surface area contributed by atoms with Crippen LogP contribution in [0.2, 0.25) is 0 Å². The van der Waals surface area contributed by atoms with E-state index in [0.717, 1.165) is 66.4 Å². The van der Waals surface area contributed by atoms with Gasteiger partial charge in [0.05, 0.1) is 22.1 Å². The molecule has 8 rings (SSSR count). The molecule has 0 aliphatic rings. The van der Waals surface area contributed by atoms with Gasteiger partial charge in [-0.2, -0.15) is 0 Å². The lowest BCUT2D eigenvalue weighted by molar-refractivity contribution is 0.620. The summed E-state index contributed by atoms with van der Waals surface area (Å²) in [5, 5.41) is 4.41. The van der Waals surface area contributed by atoms with Crippen LogP contribution in [0.25, 0.3) is 84.1 Å². The fourth-order valence-corrected chi connectivity index (χ4v) is 5.78. The Balaban J connectivity index is 1.46. The topological polar surface area (TPSA) is 44.1 Å². The van der Waals surface area contributed by atoms with Gasteiger partial charge in [0.15, 0.2) is 5.58 Å². The summed E-state index contributed by atoms with van der Waals surface area (Å²) in [6, 6.07) is 33.1. The van der Waals surface area contributed by atoms with E-state index in [1.807, 2.05) is 54.6 Å². The van der Waals surface area contributed by atoms with Gasteiger partial charge >= 0.3 is 0 Å². The molecule has 0 N–H and O–H groups in total. The number of nitrogens with zero attached hydrogens (tertiary/aromatic N) is 2. The smallest absolute Gasteiger partial charge is 0.227 e. The van der Waals surface area contributed by atoms with Crippen molar-refractivity contribution in [3.8, 4) is 17.1 Å². The minimum absolute atomic E-state index is 0.592. The molecule has 3 aromatic heterocycles. The summed E-state index contributed by atoms with van der Waals surface area (Å²) < 4.78 is 14.8. The van der Waals surface area contributed by atoms with Gasteiger partial charge in [-0.15, -0.1) is 0 Å². The summed E-state index contributed by atoms with van der Waals surface area (Å²) in [6.07, 6.45) is 3.78. The molecule has 0 amide bonds. The Morgan fingerprint density at radius 1 is 0.615 bits per heavy atom. The van der Waals surface area contributed by atoms with Gasteiger partial charge < -0.3 is 13.4 Å². The molecule has 0 saturated heterocycles. The average molecular weight is 503 g/mol. The Labute approximate surface area is 223 Å². The van der Waals surface area contributed by atoms with Crippen molar-refractivity contribution in [2.75, 3.05) is 0 Å². The normalized spacial score (nSPS) is 11.8. The summed E-state index contributed by atoms with van der Waals surface area (Å²) >= 11 is 0. The Bertz CT molecular complexity index is 2240. The lowest BCUT2D eigenvalue weighted by Gasteiger charge is -2.11. The van der Waals surface area contributed by atoms with E-state index in [1.165, 1.54) is 10.8 Å². The van der Waals surface area contributed by atoms with Crippen LogP contribution in [0.5, 0.6) is 0 Å². The van der Waals surface area contributed by atoms with E-state index in [2.05, 4.69) is 72.3 Å². The fourth-order valence-electron chi connectivity index (χ4n) is 5.78. The zero-order chi connectivity index (χ0) is 26.1. The van der Waals surface area contributed by atoms with E-state index >= 15 is 0 Å². The van der Waals surface area contributed by atoms with E-state index in [4.69, 9.17) is 13.8 Å². The highest BCUT2D eigenvalue weighted by atomic mass is 16.3. The van der Waals surface area contributed by atoms with E-state index < -0.39 is 0 Å². The Kier molecular flexibility index (Phi) is 4.49. The molecule has 0 fully saturated rings. The molecular formula is C35H22N2O2. The summed E-state index contributed by atoms with van der Waals surface area (Å²) in [7, 11) is 0. The predicted octanol–water partition coefficient (Wildman–Crippen LogP) is 9.78. The molecule has 184 valence electrons. The van der Waals surface area contributed by atoms with Gasteiger partial charge in [0.1, 0.15) is 16.7 Å². The van der Waals surface area contributed by atoms with Gasteiger partial charge in [0.25, 0.3) is 0 Å². The number of benzene rings is 5. The second kappa shape index (κ2) is 8.07. The molecular weight excluding hydrogens is 480 g/mol. The van der Waals surface area contributed by atoms with Gasteiger partial charge in [-0.1, -0.05) is 61.7 Å². The highest BCUT2D eigenvalue weighted by Crippen LogP contribution is 2.40. The van der Waals surface area contributed by atoms with Crippen LogP contribution < -0.4 is 0 Å². The molecule has 0 spiro atoms. The number of para-hydroxylation sites is 3. The highest BCUT2D eigenvalue weighted by molar-refractivity contribution is 6.15. The first-order valence-electron chi connectivity index (χ1n) is 12.9. The van der Waals surface area contributed by atoms with E-state index in [0.29, 0.717) is 5.89 Å². The van der Waals surface area contributed by atoms with Crippen LogP contribution in [0, 0.1) is 0 Å². The van der Waals surface area contributed by atoms with Crippen LogP contribution in [-0.4, -0.2) is 9.55 Å². The summed E-state index contributed by atoms with van der Waals surface area (Å²) in [5.41, 5.74) is 9.55. The molecule has 5 aromatic carbocycles. The summed E-state index contributed by atoms with van der Waals surface area (Å²) in [6.45, 7) is 8.08. The molecule has 39 heavy (non-hydrogen) atoms. The molecule has 0 radical (unpaired) electrons. The lowest BCUT2D eigenvalue weighted by atomic mass is 10.0. The second-order valence-corrected chi connectivity index (χ2v) is 9.71. The summed E-state index contributed by atoms with van der Waals surface area (Å²) in [5.74, 6) is 0.592. The van der Waals surface area contributed by atoms with E-state index in [9.17, 15) is 0 Å². The van der Waals surface area contributed by atoms with E-state index in [-0.39, 0.29) is 0 Å². The molecule has 0 aliphatic carbocycles. The van der Waals surface area contributed by atoms with Gasteiger partial charge in [-0.25, -0.2) is 4.98 Å². The Hall–Kier alpha value is -5.35. The third-order valence-electron chi connectivity index (χ3n) is 7.57. The predicted molar refractivity (Wildman–Crippen MR) is 161 cm³/mol. The van der Waals surface area contributed by atoms with Crippen LogP contribution in [0.1, 0.15) is 11.1 Å². The molecule has 0 atom stereocenters. The largest absolute Gasteiger partial charge is 0.456 e. The number of furan rings is 1. The first-order chi connectivity index (χ1) is 19.2. The fraction of sp³-hybridized carbons (Fsp3) is 0. The van der Waals surface area contributed by atoms with Crippen LogP contribution in [0.3, 0.4) is 0 Å². The SMILES string of the molecule is C=Cc1cc2c3ccccc3n(-c3cccc4oc5ccc(-c6nc7ccccc7o6)cc5c34)c2cc1C=C. The minimum atomic E-state index is 0.592. The van der Waals surface area contributed by atoms with Crippen molar-refractivity contribution < 1.29 is 8.83 Å². The highest BCUT2D eigenvalue weighted by Gasteiger charge is 2.19. The number of aromatic nitrogens is 2. The Morgan fingerprint density at radius 3 is 2.28 bits per heavy atom. The molecule has 3 heterocycles. The molecule has 4 heteroatoms. The first-order valence-corrected chi connectivity index (χ1v) is 12.9. The maximum atomic E-state index is 6.35. The van der Waals surface area contributed by atoms with Crippen molar-refractivity contribution in [3.63, 3.8) is 0 Å². The van der Waals surface area contributed by atoms with Crippen molar-refractivity contribution in [2.24, 2.45) is 0 Å². The second-order valence-electron chi connectivity index (χ2n) is 9.71. The molecule has 8 aromatic rings.